The molecule has 0 spiro atoms. The highest BCUT2D eigenvalue weighted by Gasteiger charge is 2.09. The standard InChI is InChI=1S/C14H14N6O3S/c15-14-19-11(12-7-17-8-23-12)5-13(20-14)18-6-9-1-3-10(4-2-9)24(16,21)22/h1-5,7-8H,6H2,(H2,16,21,22)(H3,15,18,19,20). The number of primary sulfonamides is 1. The molecule has 0 aliphatic heterocycles. The summed E-state index contributed by atoms with van der Waals surface area (Å²) in [6.45, 7) is 0.414. The largest absolute Gasteiger partial charge is 0.442 e. The van der Waals surface area contributed by atoms with E-state index in [9.17, 15) is 8.42 Å². The molecule has 0 saturated carbocycles. The molecule has 0 aliphatic carbocycles. The molecule has 0 bridgehead atoms. The van der Waals surface area contributed by atoms with Crippen molar-refractivity contribution >= 4 is 21.8 Å². The summed E-state index contributed by atoms with van der Waals surface area (Å²) in [6.07, 6.45) is 2.82. The van der Waals surface area contributed by atoms with Gasteiger partial charge >= 0.3 is 0 Å². The molecule has 10 heteroatoms. The van der Waals surface area contributed by atoms with Crippen LogP contribution in [0.2, 0.25) is 0 Å². The lowest BCUT2D eigenvalue weighted by Gasteiger charge is -2.08. The minimum absolute atomic E-state index is 0.0603. The third-order valence-corrected chi connectivity index (χ3v) is 4.08. The number of nitrogens with one attached hydrogen (secondary N) is 1. The average Bonchev–Trinajstić information content (AvgIpc) is 3.06. The van der Waals surface area contributed by atoms with Gasteiger partial charge in [0.25, 0.3) is 0 Å². The smallest absolute Gasteiger partial charge is 0.238 e. The number of rotatable bonds is 5. The van der Waals surface area contributed by atoms with E-state index in [0.29, 0.717) is 23.8 Å². The van der Waals surface area contributed by atoms with Crippen molar-refractivity contribution in [2.45, 2.75) is 11.4 Å². The van der Waals surface area contributed by atoms with E-state index in [2.05, 4.69) is 20.3 Å². The van der Waals surface area contributed by atoms with E-state index >= 15 is 0 Å². The van der Waals surface area contributed by atoms with Crippen LogP contribution in [0, 0.1) is 0 Å². The zero-order valence-corrected chi connectivity index (χ0v) is 13.2. The second kappa shape index (κ2) is 6.26. The number of aromatic nitrogens is 3. The van der Waals surface area contributed by atoms with Crippen molar-refractivity contribution < 1.29 is 12.8 Å². The third-order valence-electron chi connectivity index (χ3n) is 3.15. The van der Waals surface area contributed by atoms with Gasteiger partial charge in [-0.15, -0.1) is 0 Å². The molecule has 2 heterocycles. The molecule has 0 radical (unpaired) electrons. The number of benzene rings is 1. The van der Waals surface area contributed by atoms with Gasteiger partial charge in [0, 0.05) is 12.6 Å². The number of nitrogens with two attached hydrogens (primary N) is 2. The molecule has 0 amide bonds. The molecule has 2 aromatic heterocycles. The Bertz CT molecular complexity index is 939. The maximum Gasteiger partial charge on any atom is 0.238 e. The van der Waals surface area contributed by atoms with Crippen molar-refractivity contribution in [2.75, 3.05) is 11.1 Å². The van der Waals surface area contributed by atoms with Crippen LogP contribution in [0.1, 0.15) is 5.56 Å². The Hall–Kier alpha value is -2.98. The molecule has 1 aromatic carbocycles. The van der Waals surface area contributed by atoms with Gasteiger partial charge in [-0.3, -0.25) is 0 Å². The van der Waals surface area contributed by atoms with Crippen molar-refractivity contribution in [2.24, 2.45) is 5.14 Å². The van der Waals surface area contributed by atoms with Crippen LogP contribution < -0.4 is 16.2 Å². The van der Waals surface area contributed by atoms with Gasteiger partial charge in [0.05, 0.1) is 11.1 Å². The molecule has 0 aliphatic rings. The monoisotopic (exact) mass is 346 g/mol. The van der Waals surface area contributed by atoms with E-state index in [4.69, 9.17) is 15.3 Å². The number of oxazole rings is 1. The average molecular weight is 346 g/mol. The second-order valence-electron chi connectivity index (χ2n) is 4.90. The summed E-state index contributed by atoms with van der Waals surface area (Å²) in [5, 5.41) is 8.15. The van der Waals surface area contributed by atoms with Crippen molar-refractivity contribution in [3.05, 3.63) is 48.5 Å². The Labute approximate surface area is 137 Å². The predicted molar refractivity (Wildman–Crippen MR) is 87.1 cm³/mol. The summed E-state index contributed by atoms with van der Waals surface area (Å²) >= 11 is 0. The highest BCUT2D eigenvalue weighted by molar-refractivity contribution is 7.89. The van der Waals surface area contributed by atoms with Crippen LogP contribution in [-0.2, 0) is 16.6 Å². The lowest BCUT2D eigenvalue weighted by molar-refractivity contribution is 0.570. The van der Waals surface area contributed by atoms with Crippen LogP contribution >= 0.6 is 0 Å². The summed E-state index contributed by atoms with van der Waals surface area (Å²) in [4.78, 5) is 12.1. The molecule has 0 saturated heterocycles. The van der Waals surface area contributed by atoms with E-state index in [1.807, 2.05) is 0 Å². The molecule has 3 rings (SSSR count). The van der Waals surface area contributed by atoms with Crippen LogP contribution in [0.3, 0.4) is 0 Å². The fourth-order valence-corrected chi connectivity index (χ4v) is 2.53. The molecule has 3 aromatic rings. The Morgan fingerprint density at radius 2 is 1.92 bits per heavy atom. The number of nitrogen functional groups attached to an aromatic ring is 1. The topological polar surface area (TPSA) is 150 Å². The van der Waals surface area contributed by atoms with E-state index in [1.54, 1.807) is 18.2 Å². The highest BCUT2D eigenvalue weighted by atomic mass is 32.2. The number of sulfonamides is 1. The first kappa shape index (κ1) is 15.9. The van der Waals surface area contributed by atoms with Crippen LogP contribution in [0.5, 0.6) is 0 Å². The van der Waals surface area contributed by atoms with E-state index in [-0.39, 0.29) is 10.8 Å². The van der Waals surface area contributed by atoms with Crippen molar-refractivity contribution in [3.8, 4) is 11.5 Å². The number of hydrogen-bond donors (Lipinski definition) is 3. The van der Waals surface area contributed by atoms with Crippen LogP contribution in [-0.4, -0.2) is 23.4 Å². The first-order valence-corrected chi connectivity index (χ1v) is 8.35. The van der Waals surface area contributed by atoms with Gasteiger partial charge in [-0.25, -0.2) is 23.5 Å². The zero-order valence-electron chi connectivity index (χ0n) is 12.4. The zero-order chi connectivity index (χ0) is 17.2. The van der Waals surface area contributed by atoms with Crippen molar-refractivity contribution in [1.29, 1.82) is 0 Å². The van der Waals surface area contributed by atoms with Gasteiger partial charge in [0.1, 0.15) is 11.5 Å². The quantitative estimate of drug-likeness (QED) is 0.618. The maximum absolute atomic E-state index is 11.2. The fourth-order valence-electron chi connectivity index (χ4n) is 2.01. The summed E-state index contributed by atoms with van der Waals surface area (Å²) in [6, 6.07) is 7.89. The van der Waals surface area contributed by atoms with E-state index in [1.165, 1.54) is 24.7 Å². The van der Waals surface area contributed by atoms with Crippen LogP contribution in [0.15, 0.2) is 52.2 Å². The summed E-state index contributed by atoms with van der Waals surface area (Å²) in [5.41, 5.74) is 7.05. The molecule has 5 N–H and O–H groups in total. The third kappa shape index (κ3) is 3.67. The Kier molecular flexibility index (Phi) is 4.15. The molecule has 24 heavy (non-hydrogen) atoms. The van der Waals surface area contributed by atoms with Crippen molar-refractivity contribution in [1.82, 2.24) is 15.0 Å². The van der Waals surface area contributed by atoms with Gasteiger partial charge in [-0.05, 0) is 17.7 Å². The first-order chi connectivity index (χ1) is 11.4. The Balaban J connectivity index is 1.75. The van der Waals surface area contributed by atoms with Gasteiger partial charge in [0.2, 0.25) is 16.0 Å². The minimum atomic E-state index is -3.70. The molecular weight excluding hydrogens is 332 g/mol. The molecule has 0 atom stereocenters. The number of anilines is 2. The first-order valence-electron chi connectivity index (χ1n) is 6.81. The SMILES string of the molecule is Nc1nc(NCc2ccc(S(N)(=O)=O)cc2)cc(-c2cnco2)n1. The van der Waals surface area contributed by atoms with Crippen molar-refractivity contribution in [3.63, 3.8) is 0 Å². The maximum atomic E-state index is 11.2. The van der Waals surface area contributed by atoms with Gasteiger partial charge in [-0.1, -0.05) is 12.1 Å². The highest BCUT2D eigenvalue weighted by Crippen LogP contribution is 2.20. The van der Waals surface area contributed by atoms with Gasteiger partial charge < -0.3 is 15.5 Å². The summed E-state index contributed by atoms with van der Waals surface area (Å²) in [5.74, 6) is 1.07. The van der Waals surface area contributed by atoms with Crippen LogP contribution in [0.4, 0.5) is 11.8 Å². The lowest BCUT2D eigenvalue weighted by Crippen LogP contribution is -2.12. The van der Waals surface area contributed by atoms with Crippen LogP contribution in [0.25, 0.3) is 11.5 Å². The second-order valence-corrected chi connectivity index (χ2v) is 6.47. The predicted octanol–water partition coefficient (Wildman–Crippen LogP) is 0.973. The molecule has 0 unspecified atom stereocenters. The minimum Gasteiger partial charge on any atom is -0.442 e. The number of hydrogen-bond acceptors (Lipinski definition) is 8. The lowest BCUT2D eigenvalue weighted by atomic mass is 10.2. The Morgan fingerprint density at radius 1 is 1.17 bits per heavy atom. The summed E-state index contributed by atoms with van der Waals surface area (Å²) < 4.78 is 27.6. The van der Waals surface area contributed by atoms with Gasteiger partial charge in [0.15, 0.2) is 12.2 Å². The Morgan fingerprint density at radius 3 is 2.54 bits per heavy atom. The number of nitrogens with zero attached hydrogens (tertiary/aromatic N) is 3. The summed E-state index contributed by atoms with van der Waals surface area (Å²) in [7, 11) is -3.70. The van der Waals surface area contributed by atoms with E-state index < -0.39 is 10.0 Å². The van der Waals surface area contributed by atoms with E-state index in [0.717, 1.165) is 5.56 Å². The molecular formula is C14H14N6O3S. The fraction of sp³-hybridized carbons (Fsp3) is 0.0714. The van der Waals surface area contributed by atoms with Gasteiger partial charge in [-0.2, -0.15) is 4.98 Å². The molecule has 124 valence electrons. The molecule has 0 fully saturated rings. The normalized spacial score (nSPS) is 11.4. The molecule has 9 nitrogen and oxygen atoms in total.